The minimum atomic E-state index is -5.64. The monoisotopic (exact) mass is 659 g/mol. The normalized spacial score (nSPS) is 16.4. The van der Waals surface area contributed by atoms with Gasteiger partial charge < -0.3 is 9.74 Å². The van der Waals surface area contributed by atoms with Gasteiger partial charge in [-0.25, -0.2) is 23.5 Å². The maximum Gasteiger partial charge on any atom is 0.493 e. The van der Waals surface area contributed by atoms with Gasteiger partial charge in [-0.3, -0.25) is 4.90 Å². The predicted molar refractivity (Wildman–Crippen MR) is 136 cm³/mol. The second kappa shape index (κ2) is 11.8. The number of halogens is 8. The highest BCUT2D eigenvalue weighted by molar-refractivity contribution is 7.92. The second-order valence-electron chi connectivity index (χ2n) is 9.40. The number of carbonyl (C=O) groups is 1. The summed E-state index contributed by atoms with van der Waals surface area (Å²) in [6.07, 6.45) is -9.84. The van der Waals surface area contributed by atoms with E-state index in [1.54, 1.807) is 4.90 Å². The Morgan fingerprint density at radius 3 is 2.49 bits per heavy atom. The minimum absolute atomic E-state index is 0.0657. The number of likely N-dealkylation sites (N-methyl/N-ethyl adjacent to an activating group) is 1. The van der Waals surface area contributed by atoms with Gasteiger partial charge in [0.05, 0.1) is 11.2 Å². The molecule has 4 rings (SSSR count). The van der Waals surface area contributed by atoms with E-state index in [2.05, 4.69) is 14.8 Å². The first-order valence-corrected chi connectivity index (χ1v) is 14.5. The number of aromatic nitrogens is 2. The molecule has 3 heterocycles. The van der Waals surface area contributed by atoms with Crippen LogP contribution in [0.4, 0.5) is 46.6 Å². The van der Waals surface area contributed by atoms with Crippen LogP contribution in [-0.4, -0.2) is 61.6 Å². The average Bonchev–Trinajstić information content (AvgIpc) is 3.60. The Balaban J connectivity index is 1.59. The Bertz CT molecular complexity index is 1600. The van der Waals surface area contributed by atoms with E-state index in [9.17, 15) is 39.6 Å². The van der Waals surface area contributed by atoms with Crippen molar-refractivity contribution in [3.8, 4) is 0 Å². The summed E-state index contributed by atoms with van der Waals surface area (Å²) in [6.45, 7) is 1.84. The highest BCUT2D eigenvalue weighted by Crippen LogP contribution is 2.36. The third kappa shape index (κ3) is 6.82. The number of likely N-dealkylation sites (tertiary alicyclic amines) is 1. The molecule has 0 radical (unpaired) electrons. The summed E-state index contributed by atoms with van der Waals surface area (Å²) >= 11 is 0.706. The predicted octanol–water partition coefficient (Wildman–Crippen LogP) is 5.07. The standard InChI is InChI=1S/C24H21F8N5O4S2/c1-13-17(35(2)15-6-7-36(10-15)9-14-4-3-5-18(34-14)23(27,28)29)8-16(25)21(20(13)26)43(39,40)37(19-11-42-12-33-19)41-22(38)24(30,31)32/h3-5,8,11-12,15H,6-7,9-10H2,1-2H3/t15-/m0/s1. The molecule has 1 aromatic carbocycles. The summed E-state index contributed by atoms with van der Waals surface area (Å²) in [7, 11) is -4.14. The van der Waals surface area contributed by atoms with E-state index in [0.717, 1.165) is 23.9 Å². The van der Waals surface area contributed by atoms with Gasteiger partial charge in [0, 0.05) is 49.4 Å². The molecule has 0 N–H and O–H groups in total. The first-order chi connectivity index (χ1) is 19.9. The van der Waals surface area contributed by atoms with Crippen LogP contribution >= 0.6 is 11.3 Å². The van der Waals surface area contributed by atoms with Gasteiger partial charge in [-0.2, -0.15) is 34.8 Å². The van der Waals surface area contributed by atoms with E-state index < -0.39 is 66.9 Å². The Kier molecular flexibility index (Phi) is 8.90. The van der Waals surface area contributed by atoms with Crippen molar-refractivity contribution in [2.24, 2.45) is 0 Å². The molecule has 2 aromatic heterocycles. The Hall–Kier alpha value is -3.58. The number of pyridine rings is 1. The molecule has 1 aliphatic heterocycles. The van der Waals surface area contributed by atoms with Crippen LogP contribution in [-0.2, 0) is 32.4 Å². The molecule has 43 heavy (non-hydrogen) atoms. The van der Waals surface area contributed by atoms with Crippen LogP contribution in [0.1, 0.15) is 23.4 Å². The van der Waals surface area contributed by atoms with Crippen LogP contribution in [0.15, 0.2) is 40.1 Å². The van der Waals surface area contributed by atoms with Crippen LogP contribution in [0.25, 0.3) is 0 Å². The fourth-order valence-corrected chi connectivity index (χ4v) is 6.37. The van der Waals surface area contributed by atoms with Gasteiger partial charge in [0.25, 0.3) is 0 Å². The lowest BCUT2D eigenvalue weighted by Gasteiger charge is -2.29. The molecule has 0 amide bonds. The summed E-state index contributed by atoms with van der Waals surface area (Å²) < 4.78 is 134. The van der Waals surface area contributed by atoms with Crippen LogP contribution in [0.2, 0.25) is 0 Å². The van der Waals surface area contributed by atoms with E-state index in [0.29, 0.717) is 30.4 Å². The fourth-order valence-electron chi connectivity index (χ4n) is 4.43. The molecule has 234 valence electrons. The zero-order valence-corrected chi connectivity index (χ0v) is 23.7. The molecule has 9 nitrogen and oxygen atoms in total. The number of nitrogens with zero attached hydrogens (tertiary/aromatic N) is 5. The summed E-state index contributed by atoms with van der Waals surface area (Å²) in [6, 6.07) is 3.77. The van der Waals surface area contributed by atoms with Crippen molar-refractivity contribution in [1.82, 2.24) is 14.9 Å². The molecule has 19 heteroatoms. The van der Waals surface area contributed by atoms with E-state index in [1.165, 1.54) is 24.1 Å². The number of carbonyl (C=O) groups excluding carboxylic acids is 1. The molecule has 0 bridgehead atoms. The van der Waals surface area contributed by atoms with Crippen LogP contribution < -0.4 is 9.37 Å². The Morgan fingerprint density at radius 1 is 1.19 bits per heavy atom. The van der Waals surface area contributed by atoms with E-state index >= 15 is 8.78 Å². The van der Waals surface area contributed by atoms with Crippen molar-refractivity contribution in [1.29, 1.82) is 0 Å². The maximum atomic E-state index is 15.6. The number of rotatable bonds is 8. The summed E-state index contributed by atoms with van der Waals surface area (Å²) in [5.74, 6) is -7.14. The number of benzene rings is 1. The van der Waals surface area contributed by atoms with Gasteiger partial charge in [0.15, 0.2) is 16.5 Å². The van der Waals surface area contributed by atoms with E-state index in [1.807, 2.05) is 0 Å². The maximum absolute atomic E-state index is 15.6. The van der Waals surface area contributed by atoms with Crippen molar-refractivity contribution in [2.45, 2.75) is 43.2 Å². The highest BCUT2D eigenvalue weighted by Gasteiger charge is 2.46. The third-order valence-electron chi connectivity index (χ3n) is 6.53. The van der Waals surface area contributed by atoms with E-state index in [4.69, 9.17) is 0 Å². The number of hydrogen-bond acceptors (Lipinski definition) is 9. The molecule has 1 atom stereocenters. The lowest BCUT2D eigenvalue weighted by Crippen LogP contribution is -2.40. The van der Waals surface area contributed by atoms with Crippen LogP contribution in [0, 0.1) is 18.6 Å². The first-order valence-electron chi connectivity index (χ1n) is 12.1. The fraction of sp³-hybridized carbons (Fsp3) is 0.375. The van der Waals surface area contributed by atoms with Gasteiger partial charge in [-0.05, 0) is 31.5 Å². The van der Waals surface area contributed by atoms with Crippen molar-refractivity contribution in [3.63, 3.8) is 0 Å². The Labute approximate surface area is 243 Å². The van der Waals surface area contributed by atoms with Crippen molar-refractivity contribution >= 4 is 38.8 Å². The summed E-state index contributed by atoms with van der Waals surface area (Å²) in [5.41, 5.74) is -0.373. The van der Waals surface area contributed by atoms with Crippen molar-refractivity contribution in [3.05, 3.63) is 63.7 Å². The SMILES string of the molecule is Cc1c(N(C)[C@H]2CCN(Cc3cccc(C(F)(F)F)n3)C2)cc(F)c(S(=O)(=O)N(OC(=O)C(F)(F)F)c2cscn2)c1F. The zero-order chi connectivity index (χ0) is 31.9. The molecule has 0 spiro atoms. The first kappa shape index (κ1) is 32.3. The topological polar surface area (TPSA) is 95.9 Å². The minimum Gasteiger partial charge on any atom is -0.370 e. The number of thiazole rings is 1. The Morgan fingerprint density at radius 2 is 1.88 bits per heavy atom. The van der Waals surface area contributed by atoms with Gasteiger partial charge in [-0.1, -0.05) is 10.5 Å². The molecule has 3 aromatic rings. The molecule has 0 saturated carbocycles. The molecular weight excluding hydrogens is 638 g/mol. The zero-order valence-electron chi connectivity index (χ0n) is 22.1. The highest BCUT2D eigenvalue weighted by atomic mass is 32.2. The largest absolute Gasteiger partial charge is 0.493 e. The lowest BCUT2D eigenvalue weighted by atomic mass is 10.1. The average molecular weight is 660 g/mol. The molecule has 1 aliphatic rings. The van der Waals surface area contributed by atoms with Crippen LogP contribution in [0.3, 0.4) is 0 Å². The number of anilines is 2. The van der Waals surface area contributed by atoms with Gasteiger partial charge >= 0.3 is 28.3 Å². The van der Waals surface area contributed by atoms with Gasteiger partial charge in [0.1, 0.15) is 11.5 Å². The number of alkyl halides is 6. The van der Waals surface area contributed by atoms with E-state index in [-0.39, 0.29) is 30.0 Å². The molecule has 0 unspecified atom stereocenters. The molecule has 0 aliphatic carbocycles. The molecular formula is C24H21F8N5O4S2. The third-order valence-corrected chi connectivity index (χ3v) is 8.69. The smallest absolute Gasteiger partial charge is 0.370 e. The van der Waals surface area contributed by atoms with Crippen molar-refractivity contribution in [2.75, 3.05) is 29.5 Å². The van der Waals surface area contributed by atoms with Gasteiger partial charge in [-0.15, -0.1) is 11.3 Å². The second-order valence-corrected chi connectivity index (χ2v) is 11.8. The molecule has 1 saturated heterocycles. The quantitative estimate of drug-likeness (QED) is 0.245. The van der Waals surface area contributed by atoms with Crippen molar-refractivity contribution < 1.29 is 53.2 Å². The summed E-state index contributed by atoms with van der Waals surface area (Å²) in [4.78, 5) is 24.1. The summed E-state index contributed by atoms with van der Waals surface area (Å²) in [5, 5.41) is 0.882. The van der Waals surface area contributed by atoms with Crippen LogP contribution in [0.5, 0.6) is 0 Å². The van der Waals surface area contributed by atoms with Gasteiger partial charge in [0.2, 0.25) is 0 Å². The lowest BCUT2D eigenvalue weighted by molar-refractivity contribution is -0.199. The molecule has 1 fully saturated rings. The number of sulfonamides is 1. The number of hydrogen-bond donors (Lipinski definition) is 0.